The highest BCUT2D eigenvalue weighted by Crippen LogP contribution is 2.28. The van der Waals surface area contributed by atoms with Crippen LogP contribution in [0.4, 0.5) is 0 Å². The Kier molecular flexibility index (Phi) is 4.42. The lowest BCUT2D eigenvalue weighted by Gasteiger charge is -2.32. The van der Waals surface area contributed by atoms with E-state index < -0.39 is 0 Å². The van der Waals surface area contributed by atoms with Crippen molar-refractivity contribution in [1.29, 1.82) is 0 Å². The summed E-state index contributed by atoms with van der Waals surface area (Å²) < 4.78 is 6.55. The molecule has 17 heavy (non-hydrogen) atoms. The summed E-state index contributed by atoms with van der Waals surface area (Å²) >= 11 is 3.61. The average molecular weight is 299 g/mol. The van der Waals surface area contributed by atoms with Gasteiger partial charge in [0.25, 0.3) is 0 Å². The fourth-order valence-corrected chi connectivity index (χ4v) is 2.74. The van der Waals surface area contributed by atoms with Gasteiger partial charge in [0.05, 0.1) is 7.11 Å². The van der Waals surface area contributed by atoms with E-state index in [1.807, 2.05) is 12.1 Å². The minimum Gasteiger partial charge on any atom is -0.496 e. The molecule has 1 aromatic rings. The van der Waals surface area contributed by atoms with Crippen LogP contribution in [0, 0.1) is 0 Å². The first-order valence-electron chi connectivity index (χ1n) is 5.98. The van der Waals surface area contributed by atoms with E-state index in [0.29, 0.717) is 6.04 Å². The normalized spacial score (nSPS) is 21.5. The lowest BCUT2D eigenvalue weighted by molar-refractivity contribution is 0.197. The molecule has 0 bridgehead atoms. The van der Waals surface area contributed by atoms with Gasteiger partial charge in [-0.05, 0) is 19.1 Å². The molecule has 1 atom stereocenters. The number of halogens is 1. The fraction of sp³-hybridized carbons (Fsp3) is 0.538. The Hall–Kier alpha value is -0.580. The molecule has 1 N–H and O–H groups in total. The Labute approximate surface area is 111 Å². The highest BCUT2D eigenvalue weighted by atomic mass is 79.9. The second-order valence-electron chi connectivity index (χ2n) is 4.51. The zero-order valence-corrected chi connectivity index (χ0v) is 12.0. The number of nitrogens with zero attached hydrogens (tertiary/aromatic N) is 1. The second kappa shape index (κ2) is 5.85. The van der Waals surface area contributed by atoms with Crippen molar-refractivity contribution in [2.75, 3.05) is 26.7 Å². The molecule has 1 aliphatic rings. The molecule has 0 saturated carbocycles. The molecule has 0 amide bonds. The third kappa shape index (κ3) is 3.21. The molecule has 94 valence electrons. The standard InChI is InChI=1S/C13H19BrN2O/c1-10-8-16(7-6-15-10)9-11-12(14)4-3-5-13(11)17-2/h3-5,10,15H,6-9H2,1-2H3/t10-/m0/s1. The van der Waals surface area contributed by atoms with Crippen molar-refractivity contribution < 1.29 is 4.74 Å². The van der Waals surface area contributed by atoms with E-state index in [1.165, 1.54) is 5.56 Å². The molecule has 2 rings (SSSR count). The van der Waals surface area contributed by atoms with Crippen LogP contribution in [0.15, 0.2) is 22.7 Å². The van der Waals surface area contributed by atoms with Gasteiger partial charge < -0.3 is 10.1 Å². The van der Waals surface area contributed by atoms with E-state index in [1.54, 1.807) is 7.11 Å². The second-order valence-corrected chi connectivity index (χ2v) is 5.37. The smallest absolute Gasteiger partial charge is 0.124 e. The minimum absolute atomic E-state index is 0.567. The lowest BCUT2D eigenvalue weighted by atomic mass is 10.1. The first-order chi connectivity index (χ1) is 8.20. The molecule has 0 spiro atoms. The van der Waals surface area contributed by atoms with Gasteiger partial charge in [-0.2, -0.15) is 0 Å². The summed E-state index contributed by atoms with van der Waals surface area (Å²) in [6.45, 7) is 6.41. The number of rotatable bonds is 3. The van der Waals surface area contributed by atoms with Gasteiger partial charge in [-0.1, -0.05) is 22.0 Å². The molecule has 1 heterocycles. The first-order valence-corrected chi connectivity index (χ1v) is 6.77. The summed E-state index contributed by atoms with van der Waals surface area (Å²) in [6, 6.07) is 6.67. The van der Waals surface area contributed by atoms with Crippen LogP contribution in [0.5, 0.6) is 5.75 Å². The Morgan fingerprint density at radius 2 is 2.35 bits per heavy atom. The number of hydrogen-bond acceptors (Lipinski definition) is 3. The van der Waals surface area contributed by atoms with Crippen molar-refractivity contribution in [3.05, 3.63) is 28.2 Å². The van der Waals surface area contributed by atoms with Crippen LogP contribution in [-0.2, 0) is 6.54 Å². The molecular formula is C13H19BrN2O. The Balaban J connectivity index is 2.12. The SMILES string of the molecule is COc1cccc(Br)c1CN1CCN[C@@H](C)C1. The summed E-state index contributed by atoms with van der Waals surface area (Å²) in [5.41, 5.74) is 1.24. The van der Waals surface area contributed by atoms with Gasteiger partial charge in [-0.15, -0.1) is 0 Å². The van der Waals surface area contributed by atoms with E-state index in [2.05, 4.69) is 39.1 Å². The zero-order valence-electron chi connectivity index (χ0n) is 10.4. The molecule has 1 aromatic carbocycles. The predicted molar refractivity (Wildman–Crippen MR) is 73.4 cm³/mol. The van der Waals surface area contributed by atoms with Gasteiger partial charge >= 0.3 is 0 Å². The molecule has 0 aliphatic carbocycles. The Bertz CT molecular complexity index is 384. The number of hydrogen-bond donors (Lipinski definition) is 1. The summed E-state index contributed by atoms with van der Waals surface area (Å²) in [6.07, 6.45) is 0. The molecule has 1 saturated heterocycles. The minimum atomic E-state index is 0.567. The Morgan fingerprint density at radius 3 is 3.06 bits per heavy atom. The third-order valence-electron chi connectivity index (χ3n) is 3.13. The number of methoxy groups -OCH3 is 1. The number of nitrogens with one attached hydrogen (secondary N) is 1. The van der Waals surface area contributed by atoms with Crippen LogP contribution in [0.3, 0.4) is 0 Å². The van der Waals surface area contributed by atoms with Crippen molar-refractivity contribution in [3.63, 3.8) is 0 Å². The molecule has 0 unspecified atom stereocenters. The monoisotopic (exact) mass is 298 g/mol. The molecule has 4 heteroatoms. The summed E-state index contributed by atoms with van der Waals surface area (Å²) in [5.74, 6) is 0.963. The largest absolute Gasteiger partial charge is 0.496 e. The fourth-order valence-electron chi connectivity index (χ4n) is 2.26. The molecule has 1 aliphatic heterocycles. The van der Waals surface area contributed by atoms with E-state index >= 15 is 0 Å². The van der Waals surface area contributed by atoms with E-state index in [9.17, 15) is 0 Å². The maximum Gasteiger partial charge on any atom is 0.124 e. The van der Waals surface area contributed by atoms with E-state index in [0.717, 1.165) is 36.4 Å². The summed E-state index contributed by atoms with van der Waals surface area (Å²) in [4.78, 5) is 2.46. The van der Waals surface area contributed by atoms with E-state index in [4.69, 9.17) is 4.74 Å². The quantitative estimate of drug-likeness (QED) is 0.926. The third-order valence-corrected chi connectivity index (χ3v) is 3.87. The van der Waals surface area contributed by atoms with Crippen LogP contribution in [0.2, 0.25) is 0 Å². The molecule has 1 fully saturated rings. The van der Waals surface area contributed by atoms with Crippen LogP contribution in [0.25, 0.3) is 0 Å². The average Bonchev–Trinajstić information content (AvgIpc) is 2.32. The van der Waals surface area contributed by atoms with Gasteiger partial charge in [-0.3, -0.25) is 4.90 Å². The van der Waals surface area contributed by atoms with Gasteiger partial charge in [0, 0.05) is 42.3 Å². The molecular weight excluding hydrogens is 280 g/mol. The van der Waals surface area contributed by atoms with Crippen LogP contribution >= 0.6 is 15.9 Å². The van der Waals surface area contributed by atoms with Crippen molar-refractivity contribution in [1.82, 2.24) is 10.2 Å². The van der Waals surface area contributed by atoms with Crippen LogP contribution < -0.4 is 10.1 Å². The van der Waals surface area contributed by atoms with Gasteiger partial charge in [0.1, 0.15) is 5.75 Å². The number of piperazine rings is 1. The van der Waals surface area contributed by atoms with Gasteiger partial charge in [-0.25, -0.2) is 0 Å². The summed E-state index contributed by atoms with van der Waals surface area (Å²) in [7, 11) is 1.73. The van der Waals surface area contributed by atoms with Crippen molar-refractivity contribution in [3.8, 4) is 5.75 Å². The highest BCUT2D eigenvalue weighted by molar-refractivity contribution is 9.10. The topological polar surface area (TPSA) is 24.5 Å². The number of benzene rings is 1. The summed E-state index contributed by atoms with van der Waals surface area (Å²) in [5, 5.41) is 3.46. The van der Waals surface area contributed by atoms with Crippen molar-refractivity contribution >= 4 is 15.9 Å². The van der Waals surface area contributed by atoms with Crippen LogP contribution in [0.1, 0.15) is 12.5 Å². The van der Waals surface area contributed by atoms with Crippen LogP contribution in [-0.4, -0.2) is 37.7 Å². The van der Waals surface area contributed by atoms with Crippen molar-refractivity contribution in [2.45, 2.75) is 19.5 Å². The highest BCUT2D eigenvalue weighted by Gasteiger charge is 2.18. The zero-order chi connectivity index (χ0) is 12.3. The molecule has 0 radical (unpaired) electrons. The number of ether oxygens (including phenoxy) is 1. The Morgan fingerprint density at radius 1 is 1.53 bits per heavy atom. The lowest BCUT2D eigenvalue weighted by Crippen LogP contribution is -2.48. The molecule has 3 nitrogen and oxygen atoms in total. The van der Waals surface area contributed by atoms with Gasteiger partial charge in [0.2, 0.25) is 0 Å². The first kappa shape index (κ1) is 12.9. The van der Waals surface area contributed by atoms with E-state index in [-0.39, 0.29) is 0 Å². The molecule has 0 aromatic heterocycles. The van der Waals surface area contributed by atoms with Crippen molar-refractivity contribution in [2.24, 2.45) is 0 Å². The maximum absolute atomic E-state index is 5.42. The maximum atomic E-state index is 5.42. The predicted octanol–water partition coefficient (Wildman–Crippen LogP) is 2.25. The van der Waals surface area contributed by atoms with Gasteiger partial charge in [0.15, 0.2) is 0 Å².